The molecule has 39 heavy (non-hydrogen) atoms. The van der Waals surface area contributed by atoms with E-state index in [0.29, 0.717) is 36.2 Å². The molecule has 1 saturated heterocycles. The minimum atomic E-state index is -3.65. The Kier molecular flexibility index (Phi) is 8.16. The van der Waals surface area contributed by atoms with Crippen LogP contribution in [0.5, 0.6) is 0 Å². The van der Waals surface area contributed by atoms with E-state index in [4.69, 9.17) is 0 Å². The molecular weight excluding hydrogens is 515 g/mol. The van der Waals surface area contributed by atoms with Crippen molar-refractivity contribution in [3.8, 4) is 0 Å². The highest BCUT2D eigenvalue weighted by Gasteiger charge is 2.34. The number of hydrogen-bond acceptors (Lipinski definition) is 7. The zero-order chi connectivity index (χ0) is 27.2. The second kappa shape index (κ2) is 11.9. The lowest BCUT2D eigenvalue weighted by atomic mass is 10.2. The predicted molar refractivity (Wildman–Crippen MR) is 151 cm³/mol. The molecule has 0 amide bonds. The number of sulfonamides is 1. The minimum Gasteiger partial charge on any atom is -0.340 e. The Balaban J connectivity index is 1.23. The Morgan fingerprint density at radius 1 is 0.949 bits per heavy atom. The van der Waals surface area contributed by atoms with Crippen molar-refractivity contribution in [2.45, 2.75) is 30.8 Å². The van der Waals surface area contributed by atoms with Gasteiger partial charge in [-0.25, -0.2) is 17.8 Å². The summed E-state index contributed by atoms with van der Waals surface area (Å²) in [4.78, 5) is 11.2. The van der Waals surface area contributed by atoms with Crippen molar-refractivity contribution in [1.29, 1.82) is 0 Å². The van der Waals surface area contributed by atoms with Gasteiger partial charge in [-0.1, -0.05) is 37.3 Å². The fraction of sp³-hybridized carbons (Fsp3) is 0.241. The van der Waals surface area contributed by atoms with Crippen LogP contribution < -0.4 is 10.6 Å². The van der Waals surface area contributed by atoms with Gasteiger partial charge in [0.25, 0.3) is 0 Å². The van der Waals surface area contributed by atoms with Crippen LogP contribution in [-0.4, -0.2) is 53.3 Å². The molecule has 1 atom stereocenters. The lowest BCUT2D eigenvalue weighted by molar-refractivity contribution is 0.285. The monoisotopic (exact) mass is 546 g/mol. The lowest BCUT2D eigenvalue weighted by Gasteiger charge is -2.27. The molecule has 0 spiro atoms. The molecule has 10 heteroatoms. The summed E-state index contributed by atoms with van der Waals surface area (Å²) >= 11 is 0. The Morgan fingerprint density at radius 2 is 1.64 bits per heavy atom. The van der Waals surface area contributed by atoms with Gasteiger partial charge in [-0.15, -0.1) is 0 Å². The van der Waals surface area contributed by atoms with Gasteiger partial charge in [0.1, 0.15) is 11.6 Å². The van der Waals surface area contributed by atoms with Crippen molar-refractivity contribution in [1.82, 2.24) is 19.2 Å². The number of hydrogen-bond donors (Lipinski definition) is 2. The second-order valence-corrected chi connectivity index (χ2v) is 11.3. The van der Waals surface area contributed by atoms with Crippen LogP contribution in [0, 0.1) is 5.82 Å². The SMILES string of the molecule is CCN(C1CCN(Cc2ccccc2)C1)S(=O)(=O)c1ccc(Nc2nccc(Nc3ccc(F)cc3)n2)cc1. The Morgan fingerprint density at radius 3 is 2.36 bits per heavy atom. The van der Waals surface area contributed by atoms with E-state index in [2.05, 4.69) is 37.6 Å². The lowest BCUT2D eigenvalue weighted by Crippen LogP contribution is -2.41. The van der Waals surface area contributed by atoms with Gasteiger partial charge in [-0.05, 0) is 66.6 Å². The van der Waals surface area contributed by atoms with Gasteiger partial charge >= 0.3 is 0 Å². The Hall–Kier alpha value is -3.86. The van der Waals surface area contributed by atoms with Crippen molar-refractivity contribution in [2.24, 2.45) is 0 Å². The van der Waals surface area contributed by atoms with Crippen LogP contribution >= 0.6 is 0 Å². The first kappa shape index (κ1) is 26.7. The van der Waals surface area contributed by atoms with Crippen LogP contribution in [0.1, 0.15) is 18.9 Å². The van der Waals surface area contributed by atoms with E-state index in [9.17, 15) is 12.8 Å². The fourth-order valence-corrected chi connectivity index (χ4v) is 6.46. The van der Waals surface area contributed by atoms with Crippen LogP contribution in [0.25, 0.3) is 0 Å². The number of halogens is 1. The molecule has 1 aliphatic heterocycles. The highest BCUT2D eigenvalue weighted by molar-refractivity contribution is 7.89. The van der Waals surface area contributed by atoms with Crippen molar-refractivity contribution in [3.63, 3.8) is 0 Å². The van der Waals surface area contributed by atoms with Crippen LogP contribution in [0.15, 0.2) is 96.0 Å². The summed E-state index contributed by atoms with van der Waals surface area (Å²) in [7, 11) is -3.65. The van der Waals surface area contributed by atoms with Gasteiger partial charge < -0.3 is 10.6 Å². The van der Waals surface area contributed by atoms with E-state index >= 15 is 0 Å². The molecule has 1 fully saturated rings. The summed E-state index contributed by atoms with van der Waals surface area (Å²) in [5.74, 6) is 0.568. The first-order chi connectivity index (χ1) is 18.9. The maximum absolute atomic E-state index is 13.6. The van der Waals surface area contributed by atoms with Crippen LogP contribution in [0.4, 0.5) is 27.5 Å². The number of likely N-dealkylation sites (N-methyl/N-ethyl adjacent to an activating group) is 1. The molecular formula is C29H31FN6O2S. The molecule has 0 bridgehead atoms. The average molecular weight is 547 g/mol. The number of rotatable bonds is 10. The summed E-state index contributed by atoms with van der Waals surface area (Å²) in [5.41, 5.74) is 2.58. The Labute approximate surface area is 228 Å². The van der Waals surface area contributed by atoms with E-state index in [1.54, 1.807) is 53.0 Å². The van der Waals surface area contributed by atoms with Gasteiger partial charge in [0, 0.05) is 49.8 Å². The van der Waals surface area contributed by atoms with Gasteiger partial charge in [-0.2, -0.15) is 9.29 Å². The topological polar surface area (TPSA) is 90.5 Å². The molecule has 0 aliphatic carbocycles. The summed E-state index contributed by atoms with van der Waals surface area (Å²) in [6.07, 6.45) is 2.40. The third kappa shape index (κ3) is 6.59. The maximum Gasteiger partial charge on any atom is 0.243 e. The molecule has 202 valence electrons. The van der Waals surface area contributed by atoms with Crippen molar-refractivity contribution in [3.05, 3.63) is 103 Å². The standard InChI is InChI=1S/C29H31FN6O2S/c1-2-36(26-17-19-35(21-26)20-22-6-4-3-5-7-22)39(37,38)27-14-12-25(13-15-27)33-29-31-18-16-28(34-29)32-24-10-8-23(30)9-11-24/h3-16,18,26H,2,17,19-21H2,1H3,(H2,31,32,33,34). The predicted octanol–water partition coefficient (Wildman–Crippen LogP) is 5.39. The third-order valence-electron chi connectivity index (χ3n) is 6.70. The van der Waals surface area contributed by atoms with Gasteiger partial charge in [0.05, 0.1) is 4.90 Å². The number of likely N-dealkylation sites (tertiary alicyclic amines) is 1. The van der Waals surface area contributed by atoms with E-state index < -0.39 is 10.0 Å². The average Bonchev–Trinajstić information content (AvgIpc) is 3.39. The summed E-state index contributed by atoms with van der Waals surface area (Å²) < 4.78 is 41.9. The molecule has 4 aromatic rings. The molecule has 2 N–H and O–H groups in total. The summed E-state index contributed by atoms with van der Waals surface area (Å²) in [6, 6.07) is 24.5. The molecule has 1 aliphatic rings. The molecule has 8 nitrogen and oxygen atoms in total. The number of nitrogens with one attached hydrogen (secondary N) is 2. The number of aromatic nitrogens is 2. The molecule has 5 rings (SSSR count). The molecule has 1 aromatic heterocycles. The fourth-order valence-electron chi connectivity index (χ4n) is 4.80. The molecule has 3 aromatic carbocycles. The van der Waals surface area contributed by atoms with E-state index in [1.807, 2.05) is 25.1 Å². The first-order valence-electron chi connectivity index (χ1n) is 12.9. The van der Waals surface area contributed by atoms with Gasteiger partial charge in [0.15, 0.2) is 0 Å². The van der Waals surface area contributed by atoms with E-state index in [0.717, 1.165) is 19.5 Å². The normalized spacial score (nSPS) is 15.9. The summed E-state index contributed by atoms with van der Waals surface area (Å²) in [5, 5.41) is 6.21. The number of benzene rings is 3. The number of anilines is 4. The highest BCUT2D eigenvalue weighted by atomic mass is 32.2. The highest BCUT2D eigenvalue weighted by Crippen LogP contribution is 2.26. The largest absolute Gasteiger partial charge is 0.340 e. The van der Waals surface area contributed by atoms with Crippen LogP contribution in [-0.2, 0) is 16.6 Å². The first-order valence-corrected chi connectivity index (χ1v) is 14.4. The smallest absolute Gasteiger partial charge is 0.243 e. The third-order valence-corrected chi connectivity index (χ3v) is 8.75. The zero-order valence-corrected chi connectivity index (χ0v) is 22.5. The molecule has 1 unspecified atom stereocenters. The van der Waals surface area contributed by atoms with Crippen LogP contribution in [0.3, 0.4) is 0 Å². The number of nitrogens with zero attached hydrogens (tertiary/aromatic N) is 4. The van der Waals surface area contributed by atoms with E-state index in [-0.39, 0.29) is 16.8 Å². The Bertz CT molecular complexity index is 1480. The maximum atomic E-state index is 13.6. The minimum absolute atomic E-state index is 0.0636. The van der Waals surface area contributed by atoms with Crippen LogP contribution in [0.2, 0.25) is 0 Å². The van der Waals surface area contributed by atoms with Crippen molar-refractivity contribution >= 4 is 33.2 Å². The molecule has 0 radical (unpaired) electrons. The van der Waals surface area contributed by atoms with Gasteiger partial charge in [0.2, 0.25) is 16.0 Å². The van der Waals surface area contributed by atoms with Gasteiger partial charge in [-0.3, -0.25) is 4.90 Å². The van der Waals surface area contributed by atoms with Crippen molar-refractivity contribution < 1.29 is 12.8 Å². The zero-order valence-electron chi connectivity index (χ0n) is 21.7. The molecule has 0 saturated carbocycles. The van der Waals surface area contributed by atoms with E-state index in [1.165, 1.54) is 17.7 Å². The summed E-state index contributed by atoms with van der Waals surface area (Å²) in [6.45, 7) is 4.69. The van der Waals surface area contributed by atoms with Crippen molar-refractivity contribution in [2.75, 3.05) is 30.3 Å². The second-order valence-electron chi connectivity index (χ2n) is 9.42. The quantitative estimate of drug-likeness (QED) is 0.276. The molecule has 2 heterocycles.